The second kappa shape index (κ2) is 9.43. The lowest BCUT2D eigenvalue weighted by molar-refractivity contribution is -0.123. The summed E-state index contributed by atoms with van der Waals surface area (Å²) in [6.07, 6.45) is 0.371. The van der Waals surface area contributed by atoms with Crippen LogP contribution < -0.4 is 10.0 Å². The zero-order valence-corrected chi connectivity index (χ0v) is 19.4. The van der Waals surface area contributed by atoms with Crippen molar-refractivity contribution >= 4 is 49.1 Å². The van der Waals surface area contributed by atoms with Crippen LogP contribution >= 0.6 is 22.9 Å². The maximum atomic E-state index is 13.0. The normalized spacial score (nSPS) is 13.0. The molecular formula is C21H24ClN3O3S2. The van der Waals surface area contributed by atoms with Gasteiger partial charge in [0.25, 0.3) is 0 Å². The molecule has 0 fully saturated rings. The van der Waals surface area contributed by atoms with Crippen LogP contribution in [-0.2, 0) is 21.4 Å². The molecule has 0 aliphatic rings. The van der Waals surface area contributed by atoms with Crippen LogP contribution in [0.4, 0.5) is 0 Å². The molecule has 1 aromatic heterocycles. The Hall–Kier alpha value is -2.00. The van der Waals surface area contributed by atoms with Gasteiger partial charge in [-0.1, -0.05) is 43.6 Å². The number of carbonyl (C=O) groups is 1. The number of thiazole rings is 1. The summed E-state index contributed by atoms with van der Waals surface area (Å²) in [4.78, 5) is 17.3. The molecule has 1 amide bonds. The van der Waals surface area contributed by atoms with Gasteiger partial charge in [0.15, 0.2) is 0 Å². The van der Waals surface area contributed by atoms with Gasteiger partial charge in [0.05, 0.1) is 20.1 Å². The van der Waals surface area contributed by atoms with Crippen molar-refractivity contribution in [3.8, 4) is 0 Å². The number of nitrogens with one attached hydrogen (secondary N) is 2. The molecule has 0 spiro atoms. The third kappa shape index (κ3) is 5.57. The van der Waals surface area contributed by atoms with Crippen LogP contribution in [0.2, 0.25) is 5.02 Å². The minimum Gasteiger partial charge on any atom is -0.351 e. The van der Waals surface area contributed by atoms with E-state index >= 15 is 0 Å². The van der Waals surface area contributed by atoms with Gasteiger partial charge in [0.1, 0.15) is 6.04 Å². The Kier molecular flexibility index (Phi) is 7.13. The lowest BCUT2D eigenvalue weighted by Gasteiger charge is -2.20. The maximum Gasteiger partial charge on any atom is 0.241 e. The fourth-order valence-electron chi connectivity index (χ4n) is 3.07. The summed E-state index contributed by atoms with van der Waals surface area (Å²) >= 11 is 7.57. The molecule has 3 rings (SSSR count). The Morgan fingerprint density at radius 2 is 1.93 bits per heavy atom. The average Bonchev–Trinajstić information content (AvgIpc) is 3.05. The highest BCUT2D eigenvalue weighted by Gasteiger charge is 2.27. The van der Waals surface area contributed by atoms with Crippen molar-refractivity contribution in [2.75, 3.05) is 0 Å². The van der Waals surface area contributed by atoms with E-state index in [1.807, 2.05) is 39.0 Å². The van der Waals surface area contributed by atoms with Crippen molar-refractivity contribution in [1.82, 2.24) is 15.0 Å². The number of rotatable bonds is 8. The number of hydrogen-bond acceptors (Lipinski definition) is 5. The second-order valence-corrected chi connectivity index (χ2v) is 10.8. The first-order valence-corrected chi connectivity index (χ1v) is 12.2. The fourth-order valence-corrected chi connectivity index (χ4v) is 5.45. The van der Waals surface area contributed by atoms with Crippen molar-refractivity contribution in [2.24, 2.45) is 5.92 Å². The zero-order chi connectivity index (χ0) is 21.9. The topological polar surface area (TPSA) is 88.2 Å². The smallest absolute Gasteiger partial charge is 0.241 e. The van der Waals surface area contributed by atoms with Crippen LogP contribution in [0.3, 0.4) is 0 Å². The number of nitrogens with zero attached hydrogens (tertiary/aromatic N) is 1. The fraction of sp³-hybridized carbons (Fsp3) is 0.333. The summed E-state index contributed by atoms with van der Waals surface area (Å²) in [5, 5.41) is 4.21. The molecule has 30 heavy (non-hydrogen) atoms. The van der Waals surface area contributed by atoms with Crippen molar-refractivity contribution in [1.29, 1.82) is 0 Å². The van der Waals surface area contributed by atoms with Gasteiger partial charge in [-0.15, -0.1) is 11.3 Å². The maximum absolute atomic E-state index is 13.0. The molecule has 0 aliphatic heterocycles. The number of fused-ring (bicyclic) bond motifs is 1. The molecular weight excluding hydrogens is 442 g/mol. The number of benzene rings is 2. The minimum absolute atomic E-state index is 0.117. The molecule has 0 saturated heterocycles. The van der Waals surface area contributed by atoms with Gasteiger partial charge in [-0.2, -0.15) is 4.72 Å². The number of aromatic nitrogens is 1. The second-order valence-electron chi connectivity index (χ2n) is 7.48. The number of amides is 1. The van der Waals surface area contributed by atoms with E-state index in [1.54, 1.807) is 18.2 Å². The monoisotopic (exact) mass is 465 g/mol. The van der Waals surface area contributed by atoms with E-state index in [1.165, 1.54) is 17.4 Å². The molecule has 3 aromatic rings. The van der Waals surface area contributed by atoms with E-state index in [9.17, 15) is 13.2 Å². The van der Waals surface area contributed by atoms with Crippen LogP contribution in [-0.4, -0.2) is 25.4 Å². The molecule has 1 heterocycles. The van der Waals surface area contributed by atoms with Gasteiger partial charge in [0.2, 0.25) is 15.9 Å². The van der Waals surface area contributed by atoms with Crippen molar-refractivity contribution in [2.45, 2.75) is 44.7 Å². The Morgan fingerprint density at radius 1 is 1.20 bits per heavy atom. The van der Waals surface area contributed by atoms with E-state index in [2.05, 4.69) is 15.0 Å². The molecule has 0 saturated carbocycles. The highest BCUT2D eigenvalue weighted by Crippen LogP contribution is 2.25. The molecule has 0 unspecified atom stereocenters. The van der Waals surface area contributed by atoms with E-state index < -0.39 is 16.1 Å². The summed E-state index contributed by atoms with van der Waals surface area (Å²) < 4.78 is 29.3. The van der Waals surface area contributed by atoms with Gasteiger partial charge in [-0.3, -0.25) is 4.79 Å². The zero-order valence-electron chi connectivity index (χ0n) is 17.0. The van der Waals surface area contributed by atoms with Crippen LogP contribution in [0, 0.1) is 12.8 Å². The first kappa shape index (κ1) is 22.7. The number of halogens is 1. The molecule has 2 N–H and O–H groups in total. The molecule has 0 radical (unpaired) electrons. The molecule has 1 atom stereocenters. The Bertz CT molecular complexity index is 1160. The lowest BCUT2D eigenvalue weighted by atomic mass is 10.0. The van der Waals surface area contributed by atoms with E-state index in [0.29, 0.717) is 11.4 Å². The van der Waals surface area contributed by atoms with Gasteiger partial charge < -0.3 is 5.32 Å². The van der Waals surface area contributed by atoms with Crippen LogP contribution in [0.15, 0.2) is 47.4 Å². The quantitative estimate of drug-likeness (QED) is 0.520. The van der Waals surface area contributed by atoms with Crippen molar-refractivity contribution in [3.05, 3.63) is 58.1 Å². The third-order valence-corrected chi connectivity index (χ3v) is 7.28. The largest absolute Gasteiger partial charge is 0.351 e. The van der Waals surface area contributed by atoms with Gasteiger partial charge in [-0.25, -0.2) is 13.4 Å². The van der Waals surface area contributed by atoms with Crippen LogP contribution in [0.25, 0.3) is 10.2 Å². The van der Waals surface area contributed by atoms with Crippen LogP contribution in [0.5, 0.6) is 0 Å². The van der Waals surface area contributed by atoms with Crippen molar-refractivity contribution in [3.63, 3.8) is 0 Å². The van der Waals surface area contributed by atoms with Crippen LogP contribution in [0.1, 0.15) is 30.8 Å². The third-order valence-electron chi connectivity index (χ3n) is 4.51. The van der Waals surface area contributed by atoms with Gasteiger partial charge in [0, 0.05) is 11.6 Å². The molecule has 2 aromatic carbocycles. The first-order valence-electron chi connectivity index (χ1n) is 9.56. The Morgan fingerprint density at radius 3 is 2.63 bits per heavy atom. The molecule has 6 nitrogen and oxygen atoms in total. The highest BCUT2D eigenvalue weighted by atomic mass is 35.5. The summed E-state index contributed by atoms with van der Waals surface area (Å²) in [5.74, 6) is -0.266. The predicted octanol–water partition coefficient (Wildman–Crippen LogP) is 4.27. The average molecular weight is 466 g/mol. The number of hydrogen-bond donors (Lipinski definition) is 2. The highest BCUT2D eigenvalue weighted by molar-refractivity contribution is 7.89. The lowest BCUT2D eigenvalue weighted by Crippen LogP contribution is -2.47. The summed E-state index contributed by atoms with van der Waals surface area (Å²) in [5.41, 5.74) is 1.53. The predicted molar refractivity (Wildman–Crippen MR) is 121 cm³/mol. The Balaban J connectivity index is 1.78. The van der Waals surface area contributed by atoms with E-state index in [0.717, 1.165) is 20.8 Å². The molecule has 160 valence electrons. The standard InChI is InChI=1S/C21H24ClN3O3S2/c1-13(2)10-19(21(26)23-12-15-6-4-5-7-17(15)22)25-30(27,28)16-8-9-18-20(11-16)29-14(3)24-18/h4-9,11,13,19,25H,10,12H2,1-3H3,(H,23,26)/t19-/m0/s1. The number of sulfonamides is 1. The molecule has 9 heteroatoms. The molecule has 0 bridgehead atoms. The van der Waals surface area contributed by atoms with Gasteiger partial charge >= 0.3 is 0 Å². The SMILES string of the molecule is Cc1nc2ccc(S(=O)(=O)N[C@@H](CC(C)C)C(=O)NCc3ccccc3Cl)cc2s1. The minimum atomic E-state index is -3.88. The summed E-state index contributed by atoms with van der Waals surface area (Å²) in [7, 11) is -3.88. The molecule has 0 aliphatic carbocycles. The van der Waals surface area contributed by atoms with E-state index in [4.69, 9.17) is 11.6 Å². The summed E-state index contributed by atoms with van der Waals surface area (Å²) in [6, 6.07) is 11.1. The van der Waals surface area contributed by atoms with Crippen molar-refractivity contribution < 1.29 is 13.2 Å². The number of carbonyl (C=O) groups excluding carboxylic acids is 1. The summed E-state index contributed by atoms with van der Waals surface area (Å²) in [6.45, 7) is 5.98. The Labute approximate surface area is 185 Å². The van der Waals surface area contributed by atoms with E-state index in [-0.39, 0.29) is 23.3 Å². The first-order chi connectivity index (χ1) is 14.2. The number of aryl methyl sites for hydroxylation is 1. The van der Waals surface area contributed by atoms with Gasteiger partial charge in [-0.05, 0) is 49.1 Å².